The van der Waals surface area contributed by atoms with Crippen LogP contribution in [0.25, 0.3) is 22.3 Å². The molecule has 0 atom stereocenters. The summed E-state index contributed by atoms with van der Waals surface area (Å²) >= 11 is 12.7. The van der Waals surface area contributed by atoms with Crippen LogP contribution in [0, 0.1) is 0 Å². The van der Waals surface area contributed by atoms with E-state index in [0.717, 1.165) is 22.9 Å². The van der Waals surface area contributed by atoms with Crippen molar-refractivity contribution in [3.05, 3.63) is 117 Å². The second-order valence-corrected chi connectivity index (χ2v) is 12.6. The second-order valence-electron chi connectivity index (χ2n) is 11.7. The van der Waals surface area contributed by atoms with Gasteiger partial charge in [-0.25, -0.2) is 0 Å². The molecule has 2 heteroatoms. The fourth-order valence-corrected chi connectivity index (χ4v) is 7.42. The Hall–Kier alpha value is -2.54. The quantitative estimate of drug-likeness (QED) is 0.258. The van der Waals surface area contributed by atoms with Crippen LogP contribution in [-0.4, -0.2) is 0 Å². The summed E-state index contributed by atoms with van der Waals surface area (Å²) in [5.74, 6) is 0. The highest BCUT2D eigenvalue weighted by molar-refractivity contribution is 6.31. The largest absolute Gasteiger partial charge is 0.0843 e. The first kappa shape index (κ1) is 22.9. The van der Waals surface area contributed by atoms with Gasteiger partial charge in [0.25, 0.3) is 0 Å². The Morgan fingerprint density at radius 3 is 1.29 bits per heavy atom. The fraction of sp³-hybridized carbons (Fsp3) is 0.273. The summed E-state index contributed by atoms with van der Waals surface area (Å²) in [4.78, 5) is 0. The van der Waals surface area contributed by atoms with Crippen LogP contribution in [0.15, 0.2) is 84.9 Å². The van der Waals surface area contributed by atoms with Crippen LogP contribution in [0.1, 0.15) is 62.8 Å². The number of rotatable bonds is 2. The van der Waals surface area contributed by atoms with Crippen LogP contribution < -0.4 is 0 Å². The number of hydrogen-bond acceptors (Lipinski definition) is 0. The second kappa shape index (κ2) is 7.73. The van der Waals surface area contributed by atoms with Crippen LogP contribution in [0.3, 0.4) is 0 Å². The summed E-state index contributed by atoms with van der Waals surface area (Å²) < 4.78 is 0. The fourth-order valence-electron chi connectivity index (χ4n) is 7.04. The molecule has 4 aromatic rings. The van der Waals surface area contributed by atoms with E-state index in [4.69, 9.17) is 23.2 Å². The molecule has 0 saturated carbocycles. The van der Waals surface area contributed by atoms with Crippen LogP contribution in [0.2, 0.25) is 10.0 Å². The monoisotopic (exact) mass is 496 g/mol. The number of halogens is 2. The van der Waals surface area contributed by atoms with Gasteiger partial charge in [0.1, 0.15) is 0 Å². The number of hydrogen-bond donors (Lipinski definition) is 0. The van der Waals surface area contributed by atoms with Crippen molar-refractivity contribution >= 4 is 23.2 Å². The molecular formula is C33H30Cl2. The lowest BCUT2D eigenvalue weighted by Crippen LogP contribution is -2.27. The Bertz CT molecular complexity index is 1360. The standard InChI is InChI=1S/C33H30Cl2/c1-31(2)19-33(29-17-23(11-13-27(29)31)21-7-5-9-25(34)15-21)20-32(3,4)28-14-12-24(18-30(28)33)22-8-6-10-26(35)16-22/h5-18H,19-20H2,1-4H3. The van der Waals surface area contributed by atoms with E-state index in [9.17, 15) is 0 Å². The zero-order valence-corrected chi connectivity index (χ0v) is 22.3. The van der Waals surface area contributed by atoms with Gasteiger partial charge in [-0.15, -0.1) is 0 Å². The first-order valence-electron chi connectivity index (χ1n) is 12.4. The van der Waals surface area contributed by atoms with Crippen LogP contribution in [-0.2, 0) is 16.2 Å². The first-order valence-corrected chi connectivity index (χ1v) is 13.2. The molecule has 0 saturated heterocycles. The molecule has 176 valence electrons. The molecule has 0 nitrogen and oxygen atoms in total. The Balaban J connectivity index is 1.59. The van der Waals surface area contributed by atoms with Crippen molar-refractivity contribution in [1.82, 2.24) is 0 Å². The Kier molecular flexibility index (Phi) is 5.05. The van der Waals surface area contributed by atoms with E-state index in [1.165, 1.54) is 44.5 Å². The summed E-state index contributed by atoms with van der Waals surface area (Å²) in [6.07, 6.45) is 2.23. The van der Waals surface area contributed by atoms with E-state index in [1.807, 2.05) is 24.3 Å². The highest BCUT2D eigenvalue weighted by Gasteiger charge is 2.56. The minimum atomic E-state index is -0.0131. The van der Waals surface area contributed by atoms with Gasteiger partial charge in [0.05, 0.1) is 0 Å². The molecule has 4 aromatic carbocycles. The molecule has 0 amide bonds. The third-order valence-electron chi connectivity index (χ3n) is 8.33. The smallest absolute Gasteiger partial charge is 0.0412 e. The Labute approximate surface area is 218 Å². The molecule has 35 heavy (non-hydrogen) atoms. The van der Waals surface area contributed by atoms with E-state index in [1.54, 1.807) is 0 Å². The molecular weight excluding hydrogens is 467 g/mol. The molecule has 2 aliphatic rings. The third-order valence-corrected chi connectivity index (χ3v) is 8.80. The van der Waals surface area contributed by atoms with Crippen LogP contribution >= 0.6 is 23.2 Å². The molecule has 0 aliphatic heterocycles. The van der Waals surface area contributed by atoms with Gasteiger partial charge in [-0.2, -0.15) is 0 Å². The Morgan fingerprint density at radius 1 is 0.486 bits per heavy atom. The van der Waals surface area contributed by atoms with Crippen molar-refractivity contribution in [2.75, 3.05) is 0 Å². The van der Waals surface area contributed by atoms with Gasteiger partial charge < -0.3 is 0 Å². The van der Waals surface area contributed by atoms with Crippen molar-refractivity contribution in [2.45, 2.75) is 56.8 Å². The van der Waals surface area contributed by atoms with E-state index in [-0.39, 0.29) is 16.2 Å². The molecule has 1 spiro atoms. The van der Waals surface area contributed by atoms with Crippen LogP contribution in [0.4, 0.5) is 0 Å². The summed E-state index contributed by atoms with van der Waals surface area (Å²) in [5, 5.41) is 1.55. The predicted molar refractivity (Wildman–Crippen MR) is 150 cm³/mol. The zero-order valence-electron chi connectivity index (χ0n) is 20.8. The number of benzene rings is 4. The average molecular weight is 498 g/mol. The van der Waals surface area contributed by atoms with Crippen molar-refractivity contribution in [1.29, 1.82) is 0 Å². The van der Waals surface area contributed by atoms with Crippen LogP contribution in [0.5, 0.6) is 0 Å². The van der Waals surface area contributed by atoms with Crippen molar-refractivity contribution in [2.24, 2.45) is 0 Å². The molecule has 0 aromatic heterocycles. The van der Waals surface area contributed by atoms with Gasteiger partial charge in [-0.05, 0) is 105 Å². The summed E-state index contributed by atoms with van der Waals surface area (Å²) in [6.45, 7) is 9.63. The molecule has 2 aliphatic carbocycles. The van der Waals surface area contributed by atoms with Gasteiger partial charge >= 0.3 is 0 Å². The highest BCUT2D eigenvalue weighted by atomic mass is 35.5. The lowest BCUT2D eigenvalue weighted by Gasteiger charge is -2.31. The van der Waals surface area contributed by atoms with Gasteiger partial charge in [0.15, 0.2) is 0 Å². The van der Waals surface area contributed by atoms with Gasteiger partial charge in [0, 0.05) is 15.5 Å². The van der Waals surface area contributed by atoms with Gasteiger partial charge in [-0.1, -0.05) is 99.4 Å². The van der Waals surface area contributed by atoms with E-state index < -0.39 is 0 Å². The van der Waals surface area contributed by atoms with E-state index in [0.29, 0.717) is 0 Å². The Morgan fingerprint density at radius 2 is 0.886 bits per heavy atom. The lowest BCUT2D eigenvalue weighted by atomic mass is 9.72. The first-order chi connectivity index (χ1) is 16.6. The third kappa shape index (κ3) is 3.57. The molecule has 0 radical (unpaired) electrons. The molecule has 0 N–H and O–H groups in total. The van der Waals surface area contributed by atoms with Gasteiger partial charge in [0.2, 0.25) is 0 Å². The summed E-state index contributed by atoms with van der Waals surface area (Å²) in [6, 6.07) is 30.6. The topological polar surface area (TPSA) is 0 Å². The lowest BCUT2D eigenvalue weighted by molar-refractivity contribution is 0.350. The summed E-state index contributed by atoms with van der Waals surface area (Å²) in [5.41, 5.74) is 10.9. The van der Waals surface area contributed by atoms with Crippen molar-refractivity contribution in [3.8, 4) is 22.3 Å². The van der Waals surface area contributed by atoms with E-state index >= 15 is 0 Å². The highest BCUT2D eigenvalue weighted by Crippen LogP contribution is 2.63. The SMILES string of the molecule is CC1(C)CC2(CC(C)(C)c3ccc(-c4cccc(Cl)c4)cc32)c2cc(-c3cccc(Cl)c3)ccc21. The average Bonchev–Trinajstić information content (AvgIpc) is 3.18. The molecule has 0 bridgehead atoms. The maximum Gasteiger partial charge on any atom is 0.0412 e. The number of fused-ring (bicyclic) bond motifs is 4. The van der Waals surface area contributed by atoms with Crippen molar-refractivity contribution in [3.63, 3.8) is 0 Å². The zero-order chi connectivity index (χ0) is 24.6. The maximum absolute atomic E-state index is 6.36. The normalized spacial score (nSPS) is 18.5. The molecule has 6 rings (SSSR count). The van der Waals surface area contributed by atoms with Crippen molar-refractivity contribution < 1.29 is 0 Å². The molecule has 0 fully saturated rings. The minimum absolute atomic E-state index is 0.0131. The van der Waals surface area contributed by atoms with Gasteiger partial charge in [-0.3, -0.25) is 0 Å². The van der Waals surface area contributed by atoms with E-state index in [2.05, 4.69) is 88.4 Å². The predicted octanol–water partition coefficient (Wildman–Crippen LogP) is 9.98. The molecule has 0 unspecified atom stereocenters. The summed E-state index contributed by atoms with van der Waals surface area (Å²) in [7, 11) is 0. The molecule has 0 heterocycles. The maximum atomic E-state index is 6.36. The minimum Gasteiger partial charge on any atom is -0.0843 e.